The second-order valence-corrected chi connectivity index (χ2v) is 4.85. The monoisotopic (exact) mass is 332 g/mol. The van der Waals surface area contributed by atoms with E-state index in [2.05, 4.69) is 0 Å². The second-order valence-electron chi connectivity index (χ2n) is 4.44. The average Bonchev–Trinajstić information content (AvgIpc) is 2.53. The fourth-order valence-electron chi connectivity index (χ4n) is 1.88. The predicted molar refractivity (Wildman–Crippen MR) is 84.6 cm³/mol. The van der Waals surface area contributed by atoms with E-state index in [1.165, 1.54) is 48.5 Å². The fourth-order valence-corrected chi connectivity index (χ4v) is 2.06. The van der Waals surface area contributed by atoms with Crippen molar-refractivity contribution in [3.05, 3.63) is 84.9 Å². The largest absolute Gasteiger partial charge is 0.289 e. The van der Waals surface area contributed by atoms with Crippen LogP contribution >= 0.6 is 11.6 Å². The molecule has 0 atom stereocenters. The number of carbonyl (C=O) groups excluding carboxylic acids is 1. The number of allylic oxidation sites excluding steroid dienone is 1. The highest BCUT2D eigenvalue weighted by Crippen LogP contribution is 2.26. The molecule has 2 aromatic carbocycles. The summed E-state index contributed by atoms with van der Waals surface area (Å²) in [5.74, 6) is -0.574. The van der Waals surface area contributed by atoms with Crippen LogP contribution in [-0.4, -0.2) is 15.6 Å². The van der Waals surface area contributed by atoms with Gasteiger partial charge in [-0.3, -0.25) is 25.0 Å². The van der Waals surface area contributed by atoms with Gasteiger partial charge in [0.25, 0.3) is 11.4 Å². The van der Waals surface area contributed by atoms with Gasteiger partial charge in [0, 0.05) is 12.1 Å². The minimum absolute atomic E-state index is 0.0165. The molecule has 0 heterocycles. The Balaban J connectivity index is 2.31. The lowest BCUT2D eigenvalue weighted by atomic mass is 10.1. The summed E-state index contributed by atoms with van der Waals surface area (Å²) in [6.07, 6.45) is 2.46. The van der Waals surface area contributed by atoms with E-state index >= 15 is 0 Å². The lowest BCUT2D eigenvalue weighted by molar-refractivity contribution is -0.385. The molecule has 0 amide bonds. The standard InChI is InChI=1S/C15H9ClN2O5/c16-12-7-5-10(9-14(12)18(22)23)6-8-15(19)11-3-1-2-4-13(11)17(20)21/h1-9H/b8-6+. The molecule has 0 spiro atoms. The summed E-state index contributed by atoms with van der Waals surface area (Å²) in [4.78, 5) is 32.5. The van der Waals surface area contributed by atoms with Crippen LogP contribution < -0.4 is 0 Å². The van der Waals surface area contributed by atoms with Crippen LogP contribution in [0.1, 0.15) is 15.9 Å². The number of benzene rings is 2. The molecule has 0 saturated heterocycles. The van der Waals surface area contributed by atoms with Gasteiger partial charge < -0.3 is 0 Å². The zero-order valence-electron chi connectivity index (χ0n) is 11.5. The molecule has 0 aliphatic heterocycles. The first kappa shape index (κ1) is 16.3. The Bertz CT molecular complexity index is 832. The lowest BCUT2D eigenvalue weighted by Crippen LogP contribution is -2.00. The Morgan fingerprint density at radius 3 is 2.30 bits per heavy atom. The maximum Gasteiger partial charge on any atom is 0.288 e. The number of nitrogens with zero attached hydrogens (tertiary/aromatic N) is 2. The highest BCUT2D eigenvalue weighted by atomic mass is 35.5. The van der Waals surface area contributed by atoms with Gasteiger partial charge in [0.05, 0.1) is 15.4 Å². The third-order valence-corrected chi connectivity index (χ3v) is 3.28. The number of carbonyl (C=O) groups is 1. The van der Waals surface area contributed by atoms with Crippen LogP contribution in [0.4, 0.5) is 11.4 Å². The van der Waals surface area contributed by atoms with E-state index in [0.717, 1.165) is 6.08 Å². The molecule has 8 heteroatoms. The van der Waals surface area contributed by atoms with Gasteiger partial charge in [-0.2, -0.15) is 0 Å². The first-order valence-electron chi connectivity index (χ1n) is 6.30. The smallest absolute Gasteiger partial charge is 0.288 e. The van der Waals surface area contributed by atoms with Crippen molar-refractivity contribution >= 4 is 34.8 Å². The van der Waals surface area contributed by atoms with Crippen molar-refractivity contribution in [2.24, 2.45) is 0 Å². The SMILES string of the molecule is O=C(/C=C/c1ccc(Cl)c([N+](=O)[O-])c1)c1ccccc1[N+](=O)[O-]. The molecule has 0 radical (unpaired) electrons. The van der Waals surface area contributed by atoms with E-state index in [1.54, 1.807) is 0 Å². The molecule has 0 N–H and O–H groups in total. The molecule has 116 valence electrons. The maximum absolute atomic E-state index is 12.1. The first-order valence-corrected chi connectivity index (χ1v) is 6.67. The van der Waals surface area contributed by atoms with Crippen LogP contribution in [0.25, 0.3) is 6.08 Å². The summed E-state index contributed by atoms with van der Waals surface area (Å²) >= 11 is 5.70. The minimum Gasteiger partial charge on any atom is -0.289 e. The first-order chi connectivity index (χ1) is 10.9. The molecular formula is C15H9ClN2O5. The molecule has 0 aromatic heterocycles. The Hall–Kier alpha value is -3.06. The van der Waals surface area contributed by atoms with Gasteiger partial charge in [-0.1, -0.05) is 35.9 Å². The molecule has 0 aliphatic carbocycles. The molecule has 0 aliphatic rings. The van der Waals surface area contributed by atoms with Crippen molar-refractivity contribution in [3.8, 4) is 0 Å². The summed E-state index contributed by atoms with van der Waals surface area (Å²) in [5, 5.41) is 21.7. The molecule has 0 saturated carbocycles. The van der Waals surface area contributed by atoms with E-state index in [0.29, 0.717) is 5.56 Å². The third kappa shape index (κ3) is 3.78. The van der Waals surface area contributed by atoms with E-state index in [-0.39, 0.29) is 22.0 Å². The lowest BCUT2D eigenvalue weighted by Gasteiger charge is -1.99. The maximum atomic E-state index is 12.1. The second kappa shape index (κ2) is 6.80. The molecule has 7 nitrogen and oxygen atoms in total. The molecule has 0 unspecified atom stereocenters. The van der Waals surface area contributed by atoms with Crippen LogP contribution in [0.3, 0.4) is 0 Å². The van der Waals surface area contributed by atoms with Crippen molar-refractivity contribution in [1.29, 1.82) is 0 Å². The van der Waals surface area contributed by atoms with E-state index in [4.69, 9.17) is 11.6 Å². The van der Waals surface area contributed by atoms with Gasteiger partial charge in [0.1, 0.15) is 5.02 Å². The van der Waals surface area contributed by atoms with Gasteiger partial charge in [-0.25, -0.2) is 0 Å². The number of para-hydroxylation sites is 1. The predicted octanol–water partition coefficient (Wildman–Crippen LogP) is 4.05. The summed E-state index contributed by atoms with van der Waals surface area (Å²) in [6.45, 7) is 0. The van der Waals surface area contributed by atoms with Gasteiger partial charge in [0.2, 0.25) is 0 Å². The van der Waals surface area contributed by atoms with Crippen molar-refractivity contribution < 1.29 is 14.6 Å². The minimum atomic E-state index is -0.645. The number of hydrogen-bond acceptors (Lipinski definition) is 5. The van der Waals surface area contributed by atoms with Crippen molar-refractivity contribution in [3.63, 3.8) is 0 Å². The number of halogens is 1. The van der Waals surface area contributed by atoms with Crippen molar-refractivity contribution in [2.45, 2.75) is 0 Å². The zero-order chi connectivity index (χ0) is 17.0. The van der Waals surface area contributed by atoms with Crippen LogP contribution in [-0.2, 0) is 0 Å². The third-order valence-electron chi connectivity index (χ3n) is 2.96. The van der Waals surface area contributed by atoms with Gasteiger partial charge in [-0.15, -0.1) is 0 Å². The van der Waals surface area contributed by atoms with Crippen molar-refractivity contribution in [2.75, 3.05) is 0 Å². The normalized spacial score (nSPS) is 10.7. The number of nitro groups is 2. The van der Waals surface area contributed by atoms with E-state index < -0.39 is 15.6 Å². The quantitative estimate of drug-likeness (QED) is 0.355. The molecule has 23 heavy (non-hydrogen) atoms. The van der Waals surface area contributed by atoms with Crippen LogP contribution in [0.5, 0.6) is 0 Å². The number of hydrogen-bond donors (Lipinski definition) is 0. The Kier molecular flexibility index (Phi) is 4.82. The molecule has 0 fully saturated rings. The van der Waals surface area contributed by atoms with Gasteiger partial charge >= 0.3 is 0 Å². The van der Waals surface area contributed by atoms with Crippen LogP contribution in [0, 0.1) is 20.2 Å². The Morgan fingerprint density at radius 2 is 1.65 bits per heavy atom. The number of nitro benzene ring substituents is 2. The summed E-state index contributed by atoms with van der Waals surface area (Å²) in [7, 11) is 0. The highest BCUT2D eigenvalue weighted by Gasteiger charge is 2.17. The number of rotatable bonds is 5. The van der Waals surface area contributed by atoms with Crippen LogP contribution in [0.15, 0.2) is 48.5 Å². The van der Waals surface area contributed by atoms with E-state index in [9.17, 15) is 25.0 Å². The molecular weight excluding hydrogens is 324 g/mol. The summed E-state index contributed by atoms with van der Waals surface area (Å²) < 4.78 is 0. The molecule has 0 bridgehead atoms. The van der Waals surface area contributed by atoms with Gasteiger partial charge in [-0.05, 0) is 23.8 Å². The van der Waals surface area contributed by atoms with Gasteiger partial charge in [0.15, 0.2) is 5.78 Å². The molecule has 2 rings (SSSR count). The Labute approximate surface area is 135 Å². The fraction of sp³-hybridized carbons (Fsp3) is 0. The summed E-state index contributed by atoms with van der Waals surface area (Å²) in [6, 6.07) is 9.60. The summed E-state index contributed by atoms with van der Waals surface area (Å²) in [5.41, 5.74) is -0.263. The van der Waals surface area contributed by atoms with E-state index in [1.807, 2.05) is 0 Å². The van der Waals surface area contributed by atoms with Crippen LogP contribution in [0.2, 0.25) is 5.02 Å². The highest BCUT2D eigenvalue weighted by molar-refractivity contribution is 6.32. The Morgan fingerprint density at radius 1 is 1.00 bits per heavy atom. The molecule has 2 aromatic rings. The topological polar surface area (TPSA) is 103 Å². The average molecular weight is 333 g/mol. The zero-order valence-corrected chi connectivity index (χ0v) is 12.3. The van der Waals surface area contributed by atoms with Crippen molar-refractivity contribution in [1.82, 2.24) is 0 Å². The number of ketones is 1.